The number of aryl methyl sites for hydroxylation is 1. The molecule has 0 spiro atoms. The molecule has 0 atom stereocenters. The summed E-state index contributed by atoms with van der Waals surface area (Å²) in [7, 11) is 0. The van der Waals surface area contributed by atoms with Crippen molar-refractivity contribution in [3.63, 3.8) is 0 Å². The molecule has 244 valence electrons. The van der Waals surface area contributed by atoms with Gasteiger partial charge in [-0.2, -0.15) is 5.10 Å². The number of benzene rings is 3. The number of para-hydroxylation sites is 1. The Balaban J connectivity index is 1.24. The Labute approximate surface area is 268 Å². The summed E-state index contributed by atoms with van der Waals surface area (Å²) in [6.45, 7) is 3.47. The molecule has 1 amide bonds. The Kier molecular flexibility index (Phi) is 8.76. The molecule has 3 aromatic carbocycles. The highest BCUT2D eigenvalue weighted by Crippen LogP contribution is 2.40. The minimum atomic E-state index is -2.66. The van der Waals surface area contributed by atoms with Crippen molar-refractivity contribution in [3.05, 3.63) is 99.8 Å². The monoisotopic (exact) mass is 648 g/mol. The first-order valence-electron chi connectivity index (χ1n) is 15.1. The predicted octanol–water partition coefficient (Wildman–Crippen LogP) is 7.03. The van der Waals surface area contributed by atoms with Crippen molar-refractivity contribution in [2.45, 2.75) is 45.5 Å². The molecule has 1 fully saturated rings. The van der Waals surface area contributed by atoms with Gasteiger partial charge >= 0.3 is 0 Å². The molecule has 0 saturated carbocycles. The average molecular weight is 649 g/mol. The second-order valence-electron chi connectivity index (χ2n) is 11.7. The van der Waals surface area contributed by atoms with Crippen LogP contribution >= 0.6 is 0 Å². The Morgan fingerprint density at radius 2 is 1.79 bits per heavy atom. The van der Waals surface area contributed by atoms with E-state index in [1.54, 1.807) is 30.0 Å². The summed E-state index contributed by atoms with van der Waals surface area (Å²) < 4.78 is 67.9. The van der Waals surface area contributed by atoms with E-state index in [0.717, 1.165) is 21.9 Å². The van der Waals surface area contributed by atoms with Gasteiger partial charge in [0, 0.05) is 38.1 Å². The number of hydrogen-bond donors (Lipinski definition) is 1. The van der Waals surface area contributed by atoms with Crippen molar-refractivity contribution in [2.24, 2.45) is 0 Å². The van der Waals surface area contributed by atoms with E-state index < -0.39 is 30.5 Å². The molecule has 2 aliphatic rings. The maximum atomic E-state index is 15.4. The van der Waals surface area contributed by atoms with Crippen molar-refractivity contribution in [1.82, 2.24) is 14.7 Å². The van der Waals surface area contributed by atoms with E-state index in [4.69, 9.17) is 15.2 Å². The molecule has 2 heterocycles. The number of fused-ring (bicyclic) bond motifs is 1. The van der Waals surface area contributed by atoms with E-state index in [9.17, 15) is 22.8 Å². The van der Waals surface area contributed by atoms with Gasteiger partial charge < -0.3 is 20.1 Å². The van der Waals surface area contributed by atoms with Crippen molar-refractivity contribution < 1.29 is 36.6 Å². The maximum absolute atomic E-state index is 15.4. The van der Waals surface area contributed by atoms with Crippen LogP contribution in [0.2, 0.25) is 0 Å². The molecular formula is C35H32F4N4O4. The smallest absolute Gasteiger partial charge is 0.272 e. The fourth-order valence-corrected chi connectivity index (χ4v) is 6.21. The van der Waals surface area contributed by atoms with Crippen LogP contribution in [-0.4, -0.2) is 52.5 Å². The van der Waals surface area contributed by atoms with Crippen LogP contribution in [0.4, 0.5) is 23.4 Å². The summed E-state index contributed by atoms with van der Waals surface area (Å²) >= 11 is 0. The van der Waals surface area contributed by atoms with E-state index >= 15 is 4.39 Å². The van der Waals surface area contributed by atoms with Gasteiger partial charge in [0.25, 0.3) is 6.43 Å². The molecular weight excluding hydrogens is 616 g/mol. The number of nitrogens with two attached hydrogens (primary N) is 1. The summed E-state index contributed by atoms with van der Waals surface area (Å²) in [5.41, 5.74) is 9.50. The van der Waals surface area contributed by atoms with Crippen molar-refractivity contribution >= 4 is 23.6 Å². The highest BCUT2D eigenvalue weighted by atomic mass is 19.3. The number of anilines is 1. The third-order valence-electron chi connectivity index (χ3n) is 8.57. The van der Waals surface area contributed by atoms with Gasteiger partial charge in [0.2, 0.25) is 5.91 Å². The lowest BCUT2D eigenvalue weighted by Crippen LogP contribution is -2.36. The highest BCUT2D eigenvalue weighted by Gasteiger charge is 2.30. The van der Waals surface area contributed by atoms with Crippen LogP contribution in [0.5, 0.6) is 17.2 Å². The van der Waals surface area contributed by atoms with Gasteiger partial charge in [-0.25, -0.2) is 22.2 Å². The fraction of sp³-hybridized carbons (Fsp3) is 0.286. The number of rotatable bonds is 9. The van der Waals surface area contributed by atoms with E-state index in [1.165, 1.54) is 37.4 Å². The highest BCUT2D eigenvalue weighted by molar-refractivity contribution is 6.15. The Morgan fingerprint density at radius 1 is 1.04 bits per heavy atom. The fourth-order valence-electron chi connectivity index (χ4n) is 6.21. The minimum Gasteiger partial charge on any atom is -0.487 e. The number of ether oxygens (including phenoxy) is 2. The van der Waals surface area contributed by atoms with Gasteiger partial charge in [0.05, 0.1) is 11.8 Å². The molecule has 2 N–H and O–H groups in total. The van der Waals surface area contributed by atoms with Gasteiger partial charge in [-0.15, -0.1) is 0 Å². The van der Waals surface area contributed by atoms with Crippen LogP contribution in [0.25, 0.3) is 11.8 Å². The summed E-state index contributed by atoms with van der Waals surface area (Å²) in [6, 6.07) is 11.9. The number of hydrogen-bond acceptors (Lipinski definition) is 6. The van der Waals surface area contributed by atoms with Gasteiger partial charge in [-0.3, -0.25) is 9.59 Å². The first kappa shape index (κ1) is 31.8. The van der Waals surface area contributed by atoms with Crippen molar-refractivity contribution in [1.29, 1.82) is 0 Å². The summed E-state index contributed by atoms with van der Waals surface area (Å²) in [5, 5.41) is 4.21. The number of Topliss-reactive ketones (excluding diaryl/α,β-unsaturated/α-hetero) is 1. The Bertz CT molecular complexity index is 1870. The molecule has 1 aromatic heterocycles. The molecule has 8 nitrogen and oxygen atoms in total. The lowest BCUT2D eigenvalue weighted by atomic mass is 9.87. The van der Waals surface area contributed by atoms with Gasteiger partial charge in [0.1, 0.15) is 29.6 Å². The molecule has 0 bridgehead atoms. The standard InChI is InChI=1S/C35H32F4N4O4/c1-19-11-25(47-30-6-4-3-5-28(30)36)16-29(37)33(19)43-35(40)27(17-41-43)34(45)24-12-22-14-26(21-7-9-42(10-8-21)20(2)44)31(15-23(22)13-24)46-18-32(38)39/h3-6,11,13-17,21,32H,7-10,12,18,40H2,1-2H3. The molecule has 4 aromatic rings. The average Bonchev–Trinajstić information content (AvgIpc) is 3.63. The summed E-state index contributed by atoms with van der Waals surface area (Å²) in [6.07, 6.45) is 1.87. The first-order valence-corrected chi connectivity index (χ1v) is 15.1. The van der Waals surface area contributed by atoms with Crippen LogP contribution in [0.1, 0.15) is 58.3 Å². The molecule has 0 radical (unpaired) electrons. The molecule has 0 unspecified atom stereocenters. The van der Waals surface area contributed by atoms with Crippen LogP contribution in [0.3, 0.4) is 0 Å². The van der Waals surface area contributed by atoms with Crippen LogP contribution in [0, 0.1) is 18.6 Å². The van der Waals surface area contributed by atoms with E-state index in [1.807, 2.05) is 6.07 Å². The van der Waals surface area contributed by atoms with Gasteiger partial charge in [-0.1, -0.05) is 18.2 Å². The number of halogens is 4. The molecule has 12 heteroatoms. The van der Waals surface area contributed by atoms with Crippen LogP contribution in [0.15, 0.2) is 60.3 Å². The second-order valence-corrected chi connectivity index (χ2v) is 11.7. The van der Waals surface area contributed by atoms with Crippen LogP contribution < -0.4 is 15.2 Å². The van der Waals surface area contributed by atoms with E-state index in [2.05, 4.69) is 5.10 Å². The molecule has 1 saturated heterocycles. The van der Waals surface area contributed by atoms with E-state index in [-0.39, 0.29) is 46.8 Å². The number of allylic oxidation sites excluding steroid dienone is 1. The number of piperidine rings is 1. The summed E-state index contributed by atoms with van der Waals surface area (Å²) in [4.78, 5) is 27.3. The number of carbonyl (C=O) groups is 2. The number of alkyl halides is 2. The third kappa shape index (κ3) is 6.45. The maximum Gasteiger partial charge on any atom is 0.272 e. The first-order chi connectivity index (χ1) is 22.5. The third-order valence-corrected chi connectivity index (χ3v) is 8.57. The zero-order chi connectivity index (χ0) is 33.4. The van der Waals surface area contributed by atoms with E-state index in [0.29, 0.717) is 48.4 Å². The molecule has 1 aliphatic heterocycles. The second kappa shape index (κ2) is 12.9. The number of carbonyl (C=O) groups excluding carboxylic acids is 2. The number of likely N-dealkylation sites (tertiary alicyclic amines) is 1. The molecule has 47 heavy (non-hydrogen) atoms. The zero-order valence-corrected chi connectivity index (χ0v) is 25.7. The van der Waals surface area contributed by atoms with Crippen molar-refractivity contribution in [3.8, 4) is 22.9 Å². The summed E-state index contributed by atoms with van der Waals surface area (Å²) in [5.74, 6) is -1.49. The minimum absolute atomic E-state index is 0.00107. The van der Waals surface area contributed by atoms with Crippen molar-refractivity contribution in [2.75, 3.05) is 25.4 Å². The Hall–Kier alpha value is -5.13. The normalized spacial score (nSPS) is 14.7. The number of nitrogens with zero attached hydrogens (tertiary/aromatic N) is 3. The SMILES string of the molecule is CC(=O)N1CCC(c2cc3c(cc2OCC(F)F)C=C(C(=O)c2cnn(-c4c(C)cc(Oc5ccccc5F)cc4F)c2N)C3)CC1. The Morgan fingerprint density at radius 3 is 2.47 bits per heavy atom. The molecule has 6 rings (SSSR count). The lowest BCUT2D eigenvalue weighted by Gasteiger charge is -2.32. The quantitative estimate of drug-likeness (QED) is 0.155. The van der Waals surface area contributed by atoms with Gasteiger partial charge in [0.15, 0.2) is 23.2 Å². The number of aromatic nitrogens is 2. The predicted molar refractivity (Wildman–Crippen MR) is 167 cm³/mol. The van der Waals surface area contributed by atoms with Gasteiger partial charge in [-0.05, 0) is 78.3 Å². The number of ketones is 1. The van der Waals surface area contributed by atoms with Crippen LogP contribution in [-0.2, 0) is 11.2 Å². The zero-order valence-electron chi connectivity index (χ0n) is 25.7. The lowest BCUT2D eigenvalue weighted by molar-refractivity contribution is -0.129. The number of amides is 1. The number of nitrogen functional groups attached to an aromatic ring is 1. The molecule has 1 aliphatic carbocycles. The largest absolute Gasteiger partial charge is 0.487 e. The topological polar surface area (TPSA) is 99.7 Å².